The van der Waals surface area contributed by atoms with E-state index in [1.807, 2.05) is 12.1 Å². The molecule has 0 saturated carbocycles. The van der Waals surface area contributed by atoms with E-state index in [0.717, 1.165) is 15.7 Å². The van der Waals surface area contributed by atoms with Gasteiger partial charge in [-0.1, -0.05) is 17.7 Å². The maximum atomic E-state index is 12.9. The second kappa shape index (κ2) is 6.46. The molecule has 0 spiro atoms. The Hall–Kier alpha value is -0.970. The number of nitrogens with zero attached hydrogens (tertiary/aromatic N) is 1. The van der Waals surface area contributed by atoms with Crippen molar-refractivity contribution in [1.29, 1.82) is 0 Å². The van der Waals surface area contributed by atoms with Crippen LogP contribution in [-0.4, -0.2) is 16.2 Å². The van der Waals surface area contributed by atoms with Crippen LogP contribution in [-0.2, 0) is 12.8 Å². The summed E-state index contributed by atoms with van der Waals surface area (Å²) in [6.07, 6.45) is 1.89. The largest absolute Gasteiger partial charge is 0.392 e. The van der Waals surface area contributed by atoms with Crippen molar-refractivity contribution < 1.29 is 9.50 Å². The monoisotopic (exact) mass is 343 g/mol. The molecule has 2 nitrogen and oxygen atoms in total. The molecule has 2 rings (SSSR count). The molecule has 1 aromatic heterocycles. The molecular weight excluding hydrogens is 333 g/mol. The summed E-state index contributed by atoms with van der Waals surface area (Å²) in [6.45, 7) is 0. The summed E-state index contributed by atoms with van der Waals surface area (Å²) in [6, 6.07) is 7.91. The van der Waals surface area contributed by atoms with Gasteiger partial charge in [0.2, 0.25) is 0 Å². The average molecular weight is 345 g/mol. The van der Waals surface area contributed by atoms with Crippen molar-refractivity contribution in [1.82, 2.24) is 4.98 Å². The van der Waals surface area contributed by atoms with Crippen LogP contribution in [0.15, 0.2) is 41.0 Å². The molecule has 1 N–H and O–H groups in total. The summed E-state index contributed by atoms with van der Waals surface area (Å²) in [5.74, 6) is -0.377. The standard InChI is InChI=1S/C14H12BrClFNO/c15-10-2-4-12(18-8-10)7-13(19)5-9-1-3-11(17)6-14(9)16/h1-4,6,8,13,19H,5,7H2. The molecule has 0 saturated heterocycles. The summed E-state index contributed by atoms with van der Waals surface area (Å²) in [5, 5.41) is 10.4. The highest BCUT2D eigenvalue weighted by molar-refractivity contribution is 9.10. The first-order valence-corrected chi connectivity index (χ1v) is 6.94. The molecule has 0 aliphatic carbocycles. The Bertz CT molecular complexity index is 562. The van der Waals surface area contributed by atoms with Gasteiger partial charge in [-0.25, -0.2) is 4.39 Å². The van der Waals surface area contributed by atoms with E-state index in [2.05, 4.69) is 20.9 Å². The van der Waals surface area contributed by atoms with E-state index in [1.54, 1.807) is 12.3 Å². The third-order valence-electron chi connectivity index (χ3n) is 2.70. The molecule has 1 heterocycles. The fraction of sp³-hybridized carbons (Fsp3) is 0.214. The van der Waals surface area contributed by atoms with Crippen LogP contribution < -0.4 is 0 Å². The van der Waals surface area contributed by atoms with Gasteiger partial charge in [0.1, 0.15) is 5.82 Å². The van der Waals surface area contributed by atoms with E-state index in [4.69, 9.17) is 11.6 Å². The Morgan fingerprint density at radius 1 is 1.26 bits per heavy atom. The van der Waals surface area contributed by atoms with E-state index in [0.29, 0.717) is 17.9 Å². The zero-order valence-corrected chi connectivity index (χ0v) is 12.3. The number of pyridine rings is 1. The van der Waals surface area contributed by atoms with E-state index in [9.17, 15) is 9.50 Å². The maximum absolute atomic E-state index is 12.9. The van der Waals surface area contributed by atoms with Crippen molar-refractivity contribution in [2.45, 2.75) is 18.9 Å². The van der Waals surface area contributed by atoms with Gasteiger partial charge in [-0.2, -0.15) is 0 Å². The fourth-order valence-electron chi connectivity index (χ4n) is 1.78. The number of halogens is 3. The van der Waals surface area contributed by atoms with Gasteiger partial charge < -0.3 is 5.11 Å². The highest BCUT2D eigenvalue weighted by Gasteiger charge is 2.11. The number of aromatic nitrogens is 1. The van der Waals surface area contributed by atoms with Crippen LogP contribution in [0.1, 0.15) is 11.3 Å². The SMILES string of the molecule is OC(Cc1ccc(Br)cn1)Cc1ccc(F)cc1Cl. The Labute approximate surface area is 124 Å². The van der Waals surface area contributed by atoms with E-state index in [1.165, 1.54) is 12.1 Å². The van der Waals surface area contributed by atoms with Crippen LogP contribution in [0.3, 0.4) is 0 Å². The van der Waals surface area contributed by atoms with E-state index >= 15 is 0 Å². The van der Waals surface area contributed by atoms with Gasteiger partial charge in [0.25, 0.3) is 0 Å². The van der Waals surface area contributed by atoms with Gasteiger partial charge in [-0.15, -0.1) is 0 Å². The van der Waals surface area contributed by atoms with Crippen LogP contribution in [0.25, 0.3) is 0 Å². The highest BCUT2D eigenvalue weighted by atomic mass is 79.9. The number of hydrogen-bond donors (Lipinski definition) is 1. The molecule has 0 fully saturated rings. The predicted molar refractivity (Wildman–Crippen MR) is 76.8 cm³/mol. The molecule has 0 bridgehead atoms. The lowest BCUT2D eigenvalue weighted by Gasteiger charge is -2.11. The smallest absolute Gasteiger partial charge is 0.124 e. The number of benzene rings is 1. The molecule has 1 aromatic carbocycles. The molecule has 0 aliphatic rings. The molecule has 0 radical (unpaired) electrons. The van der Waals surface area contributed by atoms with Gasteiger partial charge >= 0.3 is 0 Å². The predicted octanol–water partition coefficient (Wildman–Crippen LogP) is 3.78. The van der Waals surface area contributed by atoms with Crippen LogP contribution >= 0.6 is 27.5 Å². The highest BCUT2D eigenvalue weighted by Crippen LogP contribution is 2.19. The lowest BCUT2D eigenvalue weighted by molar-refractivity contribution is 0.174. The van der Waals surface area contributed by atoms with Crippen molar-refractivity contribution in [3.8, 4) is 0 Å². The maximum Gasteiger partial charge on any atom is 0.124 e. The summed E-state index contributed by atoms with van der Waals surface area (Å²) in [5.41, 5.74) is 1.53. The minimum Gasteiger partial charge on any atom is -0.392 e. The van der Waals surface area contributed by atoms with Crippen molar-refractivity contribution in [3.63, 3.8) is 0 Å². The molecule has 0 aliphatic heterocycles. The molecule has 100 valence electrons. The van der Waals surface area contributed by atoms with Gasteiger partial charge in [-0.05, 0) is 45.8 Å². The molecule has 1 atom stereocenters. The Morgan fingerprint density at radius 3 is 2.68 bits per heavy atom. The summed E-state index contributed by atoms with van der Waals surface area (Å²) >= 11 is 9.23. The fourth-order valence-corrected chi connectivity index (χ4v) is 2.26. The molecule has 0 amide bonds. The molecule has 1 unspecified atom stereocenters. The Kier molecular flexibility index (Phi) is 4.91. The quantitative estimate of drug-likeness (QED) is 0.915. The second-order valence-electron chi connectivity index (χ2n) is 4.27. The first-order chi connectivity index (χ1) is 9.04. The lowest BCUT2D eigenvalue weighted by Crippen LogP contribution is -2.15. The number of rotatable bonds is 4. The minimum absolute atomic E-state index is 0.336. The van der Waals surface area contributed by atoms with Crippen molar-refractivity contribution >= 4 is 27.5 Å². The van der Waals surface area contributed by atoms with Gasteiger partial charge in [-0.3, -0.25) is 4.98 Å². The molecule has 2 aromatic rings. The molecule has 5 heteroatoms. The average Bonchev–Trinajstić information content (AvgIpc) is 2.36. The topological polar surface area (TPSA) is 33.1 Å². The second-order valence-corrected chi connectivity index (χ2v) is 5.59. The summed E-state index contributed by atoms with van der Waals surface area (Å²) in [4.78, 5) is 4.20. The first kappa shape index (κ1) is 14.4. The summed E-state index contributed by atoms with van der Waals surface area (Å²) < 4.78 is 13.8. The zero-order valence-electron chi connectivity index (χ0n) is 9.98. The summed E-state index contributed by atoms with van der Waals surface area (Å²) in [7, 11) is 0. The van der Waals surface area contributed by atoms with Gasteiger partial charge in [0.05, 0.1) is 6.10 Å². The minimum atomic E-state index is -0.600. The molecule has 19 heavy (non-hydrogen) atoms. The van der Waals surface area contributed by atoms with Crippen molar-refractivity contribution in [3.05, 3.63) is 63.1 Å². The van der Waals surface area contributed by atoms with E-state index in [-0.39, 0.29) is 5.82 Å². The number of aliphatic hydroxyl groups excluding tert-OH is 1. The third-order valence-corrected chi connectivity index (χ3v) is 3.52. The van der Waals surface area contributed by atoms with Gasteiger partial charge in [0.15, 0.2) is 0 Å². The van der Waals surface area contributed by atoms with Crippen molar-refractivity contribution in [2.24, 2.45) is 0 Å². The normalized spacial score (nSPS) is 12.4. The third kappa shape index (κ3) is 4.27. The lowest BCUT2D eigenvalue weighted by atomic mass is 10.0. The Morgan fingerprint density at radius 2 is 2.05 bits per heavy atom. The van der Waals surface area contributed by atoms with E-state index < -0.39 is 6.10 Å². The van der Waals surface area contributed by atoms with Crippen LogP contribution in [0.2, 0.25) is 5.02 Å². The molecular formula is C14H12BrClFNO. The van der Waals surface area contributed by atoms with Gasteiger partial charge in [0, 0.05) is 34.2 Å². The van der Waals surface area contributed by atoms with Crippen molar-refractivity contribution in [2.75, 3.05) is 0 Å². The zero-order chi connectivity index (χ0) is 13.8. The first-order valence-electron chi connectivity index (χ1n) is 5.77. The van der Waals surface area contributed by atoms with Crippen LogP contribution in [0, 0.1) is 5.82 Å². The number of aliphatic hydroxyl groups is 1. The van der Waals surface area contributed by atoms with Crippen LogP contribution in [0.4, 0.5) is 4.39 Å². The Balaban J connectivity index is 2.01. The van der Waals surface area contributed by atoms with Crippen LogP contribution in [0.5, 0.6) is 0 Å². The number of hydrogen-bond acceptors (Lipinski definition) is 2.